The molecule has 1 heterocycles. The number of carbonyl (C=O) groups is 1. The summed E-state index contributed by atoms with van der Waals surface area (Å²) in [5, 5.41) is 3.38. The Kier molecular flexibility index (Phi) is 6.04. The fourth-order valence-corrected chi connectivity index (χ4v) is 4.65. The second-order valence-electron chi connectivity index (χ2n) is 7.22. The number of carbonyl (C=O) groups excluding carboxylic acids is 1. The van der Waals surface area contributed by atoms with Gasteiger partial charge in [-0.2, -0.15) is 0 Å². The van der Waals surface area contributed by atoms with E-state index in [0.29, 0.717) is 16.5 Å². The normalized spacial score (nSPS) is 13.7. The molecule has 0 radical (unpaired) electrons. The summed E-state index contributed by atoms with van der Waals surface area (Å²) in [5.41, 5.74) is 1.08. The van der Waals surface area contributed by atoms with Gasteiger partial charge in [0.1, 0.15) is 22.2 Å². The molecule has 1 aliphatic carbocycles. The van der Waals surface area contributed by atoms with Gasteiger partial charge in [0.05, 0.1) is 13.7 Å². The van der Waals surface area contributed by atoms with Gasteiger partial charge in [0.25, 0.3) is 5.91 Å². The van der Waals surface area contributed by atoms with Crippen LogP contribution in [0.5, 0.6) is 5.75 Å². The van der Waals surface area contributed by atoms with E-state index in [1.54, 1.807) is 18.2 Å². The van der Waals surface area contributed by atoms with E-state index in [0.717, 1.165) is 18.4 Å². The monoisotopic (exact) mass is 460 g/mol. The summed E-state index contributed by atoms with van der Waals surface area (Å²) in [6.07, 6.45) is 1.62. The highest BCUT2D eigenvalue weighted by Crippen LogP contribution is 2.28. The number of rotatable bonds is 8. The minimum atomic E-state index is -3.78. The molecule has 31 heavy (non-hydrogen) atoms. The number of amides is 1. The maximum Gasteiger partial charge on any atom is 0.251 e. The Labute approximate surface area is 185 Å². The average Bonchev–Trinajstić information content (AvgIpc) is 3.44. The number of ether oxygens (including phenoxy) is 1. The van der Waals surface area contributed by atoms with Crippen molar-refractivity contribution in [3.05, 3.63) is 70.9 Å². The van der Waals surface area contributed by atoms with Crippen LogP contribution in [0.4, 0.5) is 0 Å². The summed E-state index contributed by atoms with van der Waals surface area (Å²) >= 11 is 5.91. The molecule has 1 saturated carbocycles. The first-order chi connectivity index (χ1) is 14.9. The van der Waals surface area contributed by atoms with Crippen molar-refractivity contribution >= 4 is 27.5 Å². The van der Waals surface area contributed by atoms with Crippen LogP contribution in [0, 0.1) is 0 Å². The zero-order chi connectivity index (χ0) is 22.0. The maximum atomic E-state index is 12.6. The SMILES string of the molecule is COc1ccc(C(=O)NCc2ccc(-c3ccc(Cl)cc3)o2)cc1S(=O)(=O)NC1CC1. The van der Waals surface area contributed by atoms with Crippen molar-refractivity contribution < 1.29 is 22.4 Å². The van der Waals surface area contributed by atoms with Gasteiger partial charge in [-0.05, 0) is 67.4 Å². The van der Waals surface area contributed by atoms with Crippen molar-refractivity contribution in [1.29, 1.82) is 0 Å². The quantitative estimate of drug-likeness (QED) is 0.530. The van der Waals surface area contributed by atoms with Gasteiger partial charge in [0, 0.05) is 22.2 Å². The lowest BCUT2D eigenvalue weighted by Crippen LogP contribution is -2.27. The summed E-state index contributed by atoms with van der Waals surface area (Å²) in [6.45, 7) is 0.154. The Morgan fingerprint density at radius 2 is 1.87 bits per heavy atom. The molecule has 162 valence electrons. The van der Waals surface area contributed by atoms with E-state index in [-0.39, 0.29) is 28.8 Å². The van der Waals surface area contributed by atoms with Crippen LogP contribution in [0.15, 0.2) is 63.9 Å². The Hall–Kier alpha value is -2.81. The molecule has 0 unspecified atom stereocenters. The molecule has 9 heteroatoms. The Balaban J connectivity index is 1.46. The van der Waals surface area contributed by atoms with Crippen LogP contribution in [0.3, 0.4) is 0 Å². The standard InChI is InChI=1S/C22H21ClN2O5S/c1-29-20-10-4-15(12-21(20)31(27,28)25-17-7-8-17)22(26)24-13-18-9-11-19(30-18)14-2-5-16(23)6-3-14/h2-6,9-12,17,25H,7-8,13H2,1H3,(H,24,26). The largest absolute Gasteiger partial charge is 0.495 e. The van der Waals surface area contributed by atoms with Crippen molar-refractivity contribution in [3.8, 4) is 17.1 Å². The topological polar surface area (TPSA) is 97.6 Å². The van der Waals surface area contributed by atoms with E-state index in [2.05, 4.69) is 10.0 Å². The van der Waals surface area contributed by atoms with E-state index >= 15 is 0 Å². The molecule has 1 fully saturated rings. The molecule has 0 aliphatic heterocycles. The van der Waals surface area contributed by atoms with Gasteiger partial charge >= 0.3 is 0 Å². The fraction of sp³-hybridized carbons (Fsp3) is 0.227. The van der Waals surface area contributed by atoms with E-state index in [1.807, 2.05) is 18.2 Å². The van der Waals surface area contributed by atoms with Gasteiger partial charge in [0.15, 0.2) is 0 Å². The first kappa shape index (κ1) is 21.4. The van der Waals surface area contributed by atoms with Gasteiger partial charge in [-0.3, -0.25) is 4.79 Å². The van der Waals surface area contributed by atoms with E-state index < -0.39 is 15.9 Å². The number of benzene rings is 2. The Morgan fingerprint density at radius 3 is 2.55 bits per heavy atom. The first-order valence-electron chi connectivity index (χ1n) is 9.69. The van der Waals surface area contributed by atoms with Gasteiger partial charge in [-0.15, -0.1) is 0 Å². The van der Waals surface area contributed by atoms with Gasteiger partial charge in [0.2, 0.25) is 10.0 Å². The zero-order valence-corrected chi connectivity index (χ0v) is 18.3. The van der Waals surface area contributed by atoms with Crippen molar-refractivity contribution in [2.75, 3.05) is 7.11 Å². The minimum Gasteiger partial charge on any atom is -0.495 e. The summed E-state index contributed by atoms with van der Waals surface area (Å²) < 4.78 is 38.8. The highest BCUT2D eigenvalue weighted by Gasteiger charge is 2.30. The fourth-order valence-electron chi connectivity index (χ4n) is 3.02. The van der Waals surface area contributed by atoms with Crippen LogP contribution in [-0.4, -0.2) is 27.5 Å². The molecule has 3 aromatic rings. The number of methoxy groups -OCH3 is 1. The minimum absolute atomic E-state index is 0.0547. The van der Waals surface area contributed by atoms with Crippen LogP contribution in [0.1, 0.15) is 29.0 Å². The molecule has 4 rings (SSSR count). The molecular weight excluding hydrogens is 440 g/mol. The van der Waals surface area contributed by atoms with E-state index in [9.17, 15) is 13.2 Å². The number of furan rings is 1. The van der Waals surface area contributed by atoms with Crippen molar-refractivity contribution in [2.45, 2.75) is 30.3 Å². The third kappa shape index (κ3) is 5.10. The Morgan fingerprint density at radius 1 is 1.13 bits per heavy atom. The number of hydrogen-bond donors (Lipinski definition) is 2. The van der Waals surface area contributed by atoms with Gasteiger partial charge in [-0.25, -0.2) is 13.1 Å². The number of nitrogens with one attached hydrogen (secondary N) is 2. The second kappa shape index (κ2) is 8.74. The summed E-state index contributed by atoms with van der Waals surface area (Å²) in [5.74, 6) is 0.984. The van der Waals surface area contributed by atoms with Gasteiger partial charge in [-0.1, -0.05) is 11.6 Å². The van der Waals surface area contributed by atoms with Crippen LogP contribution in [0.25, 0.3) is 11.3 Å². The molecule has 0 atom stereocenters. The lowest BCUT2D eigenvalue weighted by molar-refractivity contribution is 0.0948. The molecule has 1 aliphatic rings. The first-order valence-corrected chi connectivity index (χ1v) is 11.5. The van der Waals surface area contributed by atoms with Crippen LogP contribution < -0.4 is 14.8 Å². The third-order valence-corrected chi connectivity index (χ3v) is 6.62. The second-order valence-corrected chi connectivity index (χ2v) is 9.34. The molecule has 0 spiro atoms. The summed E-state index contributed by atoms with van der Waals surface area (Å²) in [4.78, 5) is 12.6. The van der Waals surface area contributed by atoms with Crippen LogP contribution >= 0.6 is 11.6 Å². The van der Waals surface area contributed by atoms with Crippen molar-refractivity contribution in [2.24, 2.45) is 0 Å². The predicted molar refractivity (Wildman–Crippen MR) is 117 cm³/mol. The highest BCUT2D eigenvalue weighted by molar-refractivity contribution is 7.89. The zero-order valence-electron chi connectivity index (χ0n) is 16.7. The van der Waals surface area contributed by atoms with Gasteiger partial charge < -0.3 is 14.5 Å². The molecule has 2 N–H and O–H groups in total. The summed E-state index contributed by atoms with van der Waals surface area (Å²) in [6, 6.07) is 15.1. The smallest absolute Gasteiger partial charge is 0.251 e. The van der Waals surface area contributed by atoms with Crippen LogP contribution in [0.2, 0.25) is 5.02 Å². The van der Waals surface area contributed by atoms with Crippen molar-refractivity contribution in [1.82, 2.24) is 10.0 Å². The highest BCUT2D eigenvalue weighted by atomic mass is 35.5. The van der Waals surface area contributed by atoms with E-state index in [1.165, 1.54) is 25.3 Å². The number of halogens is 1. The molecule has 2 aromatic carbocycles. The van der Waals surface area contributed by atoms with E-state index in [4.69, 9.17) is 20.8 Å². The number of hydrogen-bond acceptors (Lipinski definition) is 5. The molecular formula is C22H21ClN2O5S. The van der Waals surface area contributed by atoms with Crippen LogP contribution in [-0.2, 0) is 16.6 Å². The summed E-state index contributed by atoms with van der Waals surface area (Å²) in [7, 11) is -2.39. The third-order valence-electron chi connectivity index (χ3n) is 4.83. The van der Waals surface area contributed by atoms with Crippen molar-refractivity contribution in [3.63, 3.8) is 0 Å². The molecule has 1 aromatic heterocycles. The predicted octanol–water partition coefficient (Wildman–Crippen LogP) is 3.98. The molecule has 1 amide bonds. The lowest BCUT2D eigenvalue weighted by Gasteiger charge is -2.12. The number of sulfonamides is 1. The molecule has 0 bridgehead atoms. The maximum absolute atomic E-state index is 12.6. The lowest BCUT2D eigenvalue weighted by atomic mass is 10.2. The average molecular weight is 461 g/mol. The molecule has 7 nitrogen and oxygen atoms in total. The molecule has 0 saturated heterocycles. The Bertz CT molecular complexity index is 1200.